The van der Waals surface area contributed by atoms with E-state index in [0.29, 0.717) is 0 Å². The molecule has 0 unspecified atom stereocenters. The minimum atomic E-state index is 0.819. The highest BCUT2D eigenvalue weighted by Gasteiger charge is 1.99. The standard InChI is InChI=1S/C11H12N2/c1-3-6-13-8-12-10-5-4-9(2)7-11(10)13/h3-5,7-8H,1,6H2,2H3. The maximum atomic E-state index is 4.29. The van der Waals surface area contributed by atoms with E-state index < -0.39 is 0 Å². The Bertz CT molecular complexity index is 440. The van der Waals surface area contributed by atoms with Gasteiger partial charge in [0.05, 0.1) is 17.4 Å². The first-order chi connectivity index (χ1) is 6.31. The third kappa shape index (κ3) is 1.35. The summed E-state index contributed by atoms with van der Waals surface area (Å²) < 4.78 is 2.09. The van der Waals surface area contributed by atoms with Crippen LogP contribution in [-0.2, 0) is 6.54 Å². The Morgan fingerprint density at radius 2 is 2.38 bits per heavy atom. The van der Waals surface area contributed by atoms with Crippen LogP contribution in [0.3, 0.4) is 0 Å². The maximum absolute atomic E-state index is 4.29. The fourth-order valence-electron chi connectivity index (χ4n) is 1.45. The monoisotopic (exact) mass is 172 g/mol. The average Bonchev–Trinajstić information content (AvgIpc) is 2.49. The average molecular weight is 172 g/mol. The molecule has 0 amide bonds. The molecule has 1 aromatic heterocycles. The molecule has 0 radical (unpaired) electrons. The summed E-state index contributed by atoms with van der Waals surface area (Å²) in [6, 6.07) is 6.27. The molecule has 1 heterocycles. The molecule has 2 heteroatoms. The number of aryl methyl sites for hydroxylation is 1. The van der Waals surface area contributed by atoms with Crippen molar-refractivity contribution in [3.05, 3.63) is 42.7 Å². The summed E-state index contributed by atoms with van der Waals surface area (Å²) >= 11 is 0. The molecule has 0 fully saturated rings. The molecule has 0 bridgehead atoms. The van der Waals surface area contributed by atoms with Gasteiger partial charge in [0.2, 0.25) is 0 Å². The summed E-state index contributed by atoms with van der Waals surface area (Å²) in [5.74, 6) is 0. The summed E-state index contributed by atoms with van der Waals surface area (Å²) in [5, 5.41) is 0. The van der Waals surface area contributed by atoms with Crippen molar-refractivity contribution in [1.29, 1.82) is 0 Å². The molecule has 66 valence electrons. The topological polar surface area (TPSA) is 17.8 Å². The van der Waals surface area contributed by atoms with E-state index in [4.69, 9.17) is 0 Å². The van der Waals surface area contributed by atoms with Gasteiger partial charge < -0.3 is 4.57 Å². The molecule has 0 N–H and O–H groups in total. The number of allylic oxidation sites excluding steroid dienone is 1. The van der Waals surface area contributed by atoms with E-state index in [1.165, 1.54) is 11.1 Å². The Hall–Kier alpha value is -1.57. The van der Waals surface area contributed by atoms with Crippen LogP contribution in [0.15, 0.2) is 37.2 Å². The summed E-state index contributed by atoms with van der Waals surface area (Å²) in [4.78, 5) is 4.29. The van der Waals surface area contributed by atoms with E-state index in [1.807, 2.05) is 18.5 Å². The number of benzene rings is 1. The van der Waals surface area contributed by atoms with Gasteiger partial charge in [-0.3, -0.25) is 0 Å². The fraction of sp³-hybridized carbons (Fsp3) is 0.182. The Balaban J connectivity index is 2.64. The smallest absolute Gasteiger partial charge is 0.0961 e. The van der Waals surface area contributed by atoms with Gasteiger partial charge >= 0.3 is 0 Å². The molecule has 2 rings (SSSR count). The SMILES string of the molecule is C=CCn1cnc2ccc(C)cc21. The second kappa shape index (κ2) is 3.05. The molecule has 0 atom stereocenters. The molecule has 13 heavy (non-hydrogen) atoms. The molecule has 2 aromatic rings. The molecular weight excluding hydrogens is 160 g/mol. The van der Waals surface area contributed by atoms with Crippen LogP contribution in [0.25, 0.3) is 11.0 Å². The number of fused-ring (bicyclic) bond motifs is 1. The number of imidazole rings is 1. The summed E-state index contributed by atoms with van der Waals surface area (Å²) in [6.07, 6.45) is 3.73. The van der Waals surface area contributed by atoms with Gasteiger partial charge in [0.15, 0.2) is 0 Å². The Morgan fingerprint density at radius 3 is 3.15 bits per heavy atom. The highest BCUT2D eigenvalue weighted by atomic mass is 15.0. The van der Waals surface area contributed by atoms with E-state index in [0.717, 1.165) is 12.1 Å². The largest absolute Gasteiger partial charge is 0.327 e. The van der Waals surface area contributed by atoms with Crippen molar-refractivity contribution in [2.24, 2.45) is 0 Å². The third-order valence-corrected chi connectivity index (χ3v) is 2.10. The number of aromatic nitrogens is 2. The van der Waals surface area contributed by atoms with Gasteiger partial charge in [0.25, 0.3) is 0 Å². The van der Waals surface area contributed by atoms with Gasteiger partial charge in [-0.1, -0.05) is 12.1 Å². The quantitative estimate of drug-likeness (QED) is 0.636. The predicted octanol–water partition coefficient (Wildman–Crippen LogP) is 2.53. The Morgan fingerprint density at radius 1 is 1.54 bits per heavy atom. The lowest BCUT2D eigenvalue weighted by molar-refractivity contribution is 0.851. The number of rotatable bonds is 2. The molecule has 0 spiro atoms. The number of hydrogen-bond acceptors (Lipinski definition) is 1. The Labute approximate surface area is 77.5 Å². The van der Waals surface area contributed by atoms with Crippen molar-refractivity contribution in [1.82, 2.24) is 9.55 Å². The molecule has 0 aliphatic heterocycles. The highest BCUT2D eigenvalue weighted by Crippen LogP contribution is 2.14. The van der Waals surface area contributed by atoms with E-state index >= 15 is 0 Å². The fourth-order valence-corrected chi connectivity index (χ4v) is 1.45. The predicted molar refractivity (Wildman–Crippen MR) is 54.7 cm³/mol. The minimum absolute atomic E-state index is 0.819. The maximum Gasteiger partial charge on any atom is 0.0961 e. The van der Waals surface area contributed by atoms with Gasteiger partial charge in [-0.15, -0.1) is 6.58 Å². The zero-order valence-electron chi connectivity index (χ0n) is 7.70. The molecular formula is C11H12N2. The van der Waals surface area contributed by atoms with Crippen molar-refractivity contribution in [3.63, 3.8) is 0 Å². The molecule has 0 aliphatic carbocycles. The Kier molecular flexibility index (Phi) is 1.89. The minimum Gasteiger partial charge on any atom is -0.327 e. The van der Waals surface area contributed by atoms with Gasteiger partial charge in [0, 0.05) is 6.54 Å². The molecule has 0 saturated carbocycles. The van der Waals surface area contributed by atoms with Gasteiger partial charge in [-0.25, -0.2) is 4.98 Å². The first-order valence-electron chi connectivity index (χ1n) is 4.33. The third-order valence-electron chi connectivity index (χ3n) is 2.10. The lowest BCUT2D eigenvalue weighted by Crippen LogP contribution is -1.91. The van der Waals surface area contributed by atoms with E-state index in [-0.39, 0.29) is 0 Å². The lowest BCUT2D eigenvalue weighted by Gasteiger charge is -1.99. The number of nitrogens with zero attached hydrogens (tertiary/aromatic N) is 2. The van der Waals surface area contributed by atoms with Gasteiger partial charge in [-0.2, -0.15) is 0 Å². The van der Waals surface area contributed by atoms with Crippen molar-refractivity contribution in [2.45, 2.75) is 13.5 Å². The lowest BCUT2D eigenvalue weighted by atomic mass is 10.2. The molecule has 2 nitrogen and oxygen atoms in total. The van der Waals surface area contributed by atoms with Crippen LogP contribution >= 0.6 is 0 Å². The van der Waals surface area contributed by atoms with Crippen LogP contribution in [0, 0.1) is 6.92 Å². The van der Waals surface area contributed by atoms with Crippen molar-refractivity contribution in [3.8, 4) is 0 Å². The zero-order valence-corrected chi connectivity index (χ0v) is 7.70. The molecule has 0 aliphatic rings. The summed E-state index contributed by atoms with van der Waals surface area (Å²) in [5.41, 5.74) is 3.49. The van der Waals surface area contributed by atoms with E-state index in [2.05, 4.69) is 35.2 Å². The van der Waals surface area contributed by atoms with Crippen LogP contribution in [0.5, 0.6) is 0 Å². The number of hydrogen-bond donors (Lipinski definition) is 0. The molecule has 0 saturated heterocycles. The van der Waals surface area contributed by atoms with Gasteiger partial charge in [0.1, 0.15) is 0 Å². The van der Waals surface area contributed by atoms with Crippen molar-refractivity contribution < 1.29 is 0 Å². The van der Waals surface area contributed by atoms with Gasteiger partial charge in [-0.05, 0) is 24.6 Å². The van der Waals surface area contributed by atoms with E-state index in [9.17, 15) is 0 Å². The second-order valence-corrected chi connectivity index (χ2v) is 3.18. The van der Waals surface area contributed by atoms with Crippen LogP contribution in [-0.4, -0.2) is 9.55 Å². The highest BCUT2D eigenvalue weighted by molar-refractivity contribution is 5.76. The van der Waals surface area contributed by atoms with Crippen LogP contribution < -0.4 is 0 Å². The first kappa shape index (κ1) is 8.05. The van der Waals surface area contributed by atoms with E-state index in [1.54, 1.807) is 0 Å². The first-order valence-corrected chi connectivity index (χ1v) is 4.33. The van der Waals surface area contributed by atoms with Crippen molar-refractivity contribution in [2.75, 3.05) is 0 Å². The van der Waals surface area contributed by atoms with Crippen LogP contribution in [0.2, 0.25) is 0 Å². The van der Waals surface area contributed by atoms with Crippen molar-refractivity contribution >= 4 is 11.0 Å². The zero-order chi connectivity index (χ0) is 9.26. The summed E-state index contributed by atoms with van der Waals surface area (Å²) in [6.45, 7) is 6.62. The van der Waals surface area contributed by atoms with Crippen LogP contribution in [0.4, 0.5) is 0 Å². The normalized spacial score (nSPS) is 10.5. The molecule has 1 aromatic carbocycles. The summed E-state index contributed by atoms with van der Waals surface area (Å²) in [7, 11) is 0. The second-order valence-electron chi connectivity index (χ2n) is 3.18. The van der Waals surface area contributed by atoms with Crippen LogP contribution in [0.1, 0.15) is 5.56 Å².